The first-order valence-electron chi connectivity index (χ1n) is 4.91. The summed E-state index contributed by atoms with van der Waals surface area (Å²) in [6.07, 6.45) is 0.982. The van der Waals surface area contributed by atoms with Crippen LogP contribution in [0.1, 0.15) is 12.0 Å². The Kier molecular flexibility index (Phi) is 5.23. The molecule has 0 saturated heterocycles. The van der Waals surface area contributed by atoms with Gasteiger partial charge in [-0.15, -0.1) is 0 Å². The van der Waals surface area contributed by atoms with Gasteiger partial charge < -0.3 is 9.26 Å². The minimum Gasteiger partial charge on any atom is -0.469 e. The minimum atomic E-state index is -2.10. The number of ether oxygens (including phenoxy) is 1. The summed E-state index contributed by atoms with van der Waals surface area (Å²) in [6, 6.07) is 7.22. The van der Waals surface area contributed by atoms with Crippen molar-refractivity contribution >= 4 is 19.3 Å². The lowest BCUT2D eigenvalue weighted by Crippen LogP contribution is -2.03. The molecule has 16 heavy (non-hydrogen) atoms. The third-order valence-corrected chi connectivity index (χ3v) is 3.40. The summed E-state index contributed by atoms with van der Waals surface area (Å²) >= 11 is 0. The first kappa shape index (κ1) is 12.9. The second kappa shape index (κ2) is 6.46. The van der Waals surface area contributed by atoms with Gasteiger partial charge in [0.2, 0.25) is 8.03 Å². The SMILES string of the molecule is COC(=O)CCc1ccc([PH](=O)OC)cc1. The molecule has 0 aliphatic rings. The number of methoxy groups -OCH3 is 1. The van der Waals surface area contributed by atoms with Gasteiger partial charge in [-0.25, -0.2) is 0 Å². The van der Waals surface area contributed by atoms with Crippen LogP contribution in [0, 0.1) is 0 Å². The molecule has 5 heteroatoms. The lowest BCUT2D eigenvalue weighted by Gasteiger charge is -2.03. The average molecular weight is 242 g/mol. The van der Waals surface area contributed by atoms with Crippen LogP contribution in [0.2, 0.25) is 0 Å². The molecule has 0 N–H and O–H groups in total. The Morgan fingerprint density at radius 2 is 1.88 bits per heavy atom. The van der Waals surface area contributed by atoms with Crippen LogP contribution in [-0.2, 0) is 25.0 Å². The van der Waals surface area contributed by atoms with Crippen LogP contribution in [0.3, 0.4) is 0 Å². The van der Waals surface area contributed by atoms with E-state index in [4.69, 9.17) is 4.52 Å². The number of esters is 1. The van der Waals surface area contributed by atoms with Crippen molar-refractivity contribution < 1.29 is 18.6 Å². The first-order chi connectivity index (χ1) is 7.67. The van der Waals surface area contributed by atoms with Gasteiger partial charge >= 0.3 is 5.97 Å². The van der Waals surface area contributed by atoms with Gasteiger partial charge in [-0.05, 0) is 24.1 Å². The number of hydrogen-bond acceptors (Lipinski definition) is 4. The largest absolute Gasteiger partial charge is 0.469 e. The molecule has 1 rings (SSSR count). The third kappa shape index (κ3) is 3.80. The quantitative estimate of drug-likeness (QED) is 0.580. The van der Waals surface area contributed by atoms with Crippen LogP contribution in [0.25, 0.3) is 0 Å². The Morgan fingerprint density at radius 1 is 1.25 bits per heavy atom. The normalized spacial score (nSPS) is 12.1. The second-order valence-electron chi connectivity index (χ2n) is 3.26. The Bertz CT molecular complexity index is 372. The summed E-state index contributed by atoms with van der Waals surface area (Å²) in [5.41, 5.74) is 1.01. The van der Waals surface area contributed by atoms with E-state index in [0.717, 1.165) is 5.56 Å². The highest BCUT2D eigenvalue weighted by Gasteiger charge is 2.03. The molecular formula is C11H15O4P. The van der Waals surface area contributed by atoms with E-state index in [0.29, 0.717) is 18.1 Å². The molecule has 0 amide bonds. The van der Waals surface area contributed by atoms with E-state index >= 15 is 0 Å². The fraction of sp³-hybridized carbons (Fsp3) is 0.364. The van der Waals surface area contributed by atoms with Crippen molar-refractivity contribution in [2.45, 2.75) is 12.8 Å². The number of rotatable bonds is 5. The molecule has 1 aromatic rings. The van der Waals surface area contributed by atoms with Gasteiger partial charge in [0.15, 0.2) is 0 Å². The van der Waals surface area contributed by atoms with E-state index in [9.17, 15) is 9.36 Å². The monoisotopic (exact) mass is 242 g/mol. The maximum Gasteiger partial charge on any atom is 0.305 e. The van der Waals surface area contributed by atoms with Gasteiger partial charge in [0.1, 0.15) is 0 Å². The van der Waals surface area contributed by atoms with Crippen molar-refractivity contribution in [2.75, 3.05) is 14.2 Å². The molecule has 0 saturated carbocycles. The molecular weight excluding hydrogens is 227 g/mol. The molecule has 1 unspecified atom stereocenters. The maximum atomic E-state index is 11.3. The standard InChI is InChI=1S/C11H15O4P/c1-14-11(12)8-5-9-3-6-10(7-4-9)16(13)15-2/h3-4,6-7,16H,5,8H2,1-2H3. The smallest absolute Gasteiger partial charge is 0.305 e. The van der Waals surface area contributed by atoms with Gasteiger partial charge in [0.25, 0.3) is 0 Å². The Hall–Kier alpha value is -1.12. The molecule has 0 bridgehead atoms. The Labute approximate surface area is 95.4 Å². The van der Waals surface area contributed by atoms with E-state index < -0.39 is 8.03 Å². The van der Waals surface area contributed by atoms with E-state index in [1.807, 2.05) is 12.1 Å². The Balaban J connectivity index is 2.58. The minimum absolute atomic E-state index is 0.227. The zero-order chi connectivity index (χ0) is 12.0. The number of aryl methyl sites for hydroxylation is 1. The number of carbonyl (C=O) groups is 1. The van der Waals surface area contributed by atoms with Gasteiger partial charge in [0, 0.05) is 18.8 Å². The van der Waals surface area contributed by atoms with Crippen molar-refractivity contribution in [2.24, 2.45) is 0 Å². The van der Waals surface area contributed by atoms with Gasteiger partial charge in [0.05, 0.1) is 7.11 Å². The van der Waals surface area contributed by atoms with E-state index in [1.54, 1.807) is 12.1 Å². The zero-order valence-electron chi connectivity index (χ0n) is 9.36. The lowest BCUT2D eigenvalue weighted by molar-refractivity contribution is -0.140. The summed E-state index contributed by atoms with van der Waals surface area (Å²) in [5, 5.41) is 0.689. The van der Waals surface area contributed by atoms with Gasteiger partial charge in [-0.2, -0.15) is 0 Å². The molecule has 0 radical (unpaired) electrons. The molecule has 1 aromatic carbocycles. The van der Waals surface area contributed by atoms with Gasteiger partial charge in [-0.1, -0.05) is 12.1 Å². The number of hydrogen-bond donors (Lipinski definition) is 0. The molecule has 0 heterocycles. The van der Waals surface area contributed by atoms with Crippen LogP contribution in [0.4, 0.5) is 0 Å². The zero-order valence-corrected chi connectivity index (χ0v) is 10.4. The third-order valence-electron chi connectivity index (χ3n) is 2.22. The Morgan fingerprint density at radius 3 is 2.38 bits per heavy atom. The maximum absolute atomic E-state index is 11.3. The molecule has 4 nitrogen and oxygen atoms in total. The van der Waals surface area contributed by atoms with Crippen LogP contribution in [0.15, 0.2) is 24.3 Å². The fourth-order valence-corrected chi connectivity index (χ4v) is 1.95. The second-order valence-corrected chi connectivity index (χ2v) is 4.83. The summed E-state index contributed by atoms with van der Waals surface area (Å²) in [4.78, 5) is 10.9. The van der Waals surface area contributed by atoms with E-state index in [-0.39, 0.29) is 5.97 Å². The van der Waals surface area contributed by atoms with Crippen molar-refractivity contribution in [1.29, 1.82) is 0 Å². The van der Waals surface area contributed by atoms with Crippen molar-refractivity contribution in [1.82, 2.24) is 0 Å². The molecule has 0 spiro atoms. The molecule has 0 aliphatic heterocycles. The molecule has 0 aromatic heterocycles. The van der Waals surface area contributed by atoms with E-state index in [2.05, 4.69) is 4.74 Å². The lowest BCUT2D eigenvalue weighted by atomic mass is 10.1. The molecule has 0 aliphatic carbocycles. The number of carbonyl (C=O) groups excluding carboxylic acids is 1. The summed E-state index contributed by atoms with van der Waals surface area (Å²) in [5.74, 6) is -0.227. The number of benzene rings is 1. The van der Waals surface area contributed by atoms with Crippen LogP contribution < -0.4 is 5.30 Å². The van der Waals surface area contributed by atoms with Crippen molar-refractivity contribution in [3.8, 4) is 0 Å². The molecule has 88 valence electrons. The summed E-state index contributed by atoms with van der Waals surface area (Å²) in [7, 11) is 0.694. The molecule has 0 fully saturated rings. The van der Waals surface area contributed by atoms with Crippen LogP contribution >= 0.6 is 8.03 Å². The summed E-state index contributed by atoms with van der Waals surface area (Å²) < 4.78 is 20.6. The first-order valence-corrected chi connectivity index (χ1v) is 6.23. The van der Waals surface area contributed by atoms with E-state index in [1.165, 1.54) is 14.2 Å². The highest BCUT2D eigenvalue weighted by Crippen LogP contribution is 2.19. The van der Waals surface area contributed by atoms with Crippen molar-refractivity contribution in [3.63, 3.8) is 0 Å². The topological polar surface area (TPSA) is 52.6 Å². The van der Waals surface area contributed by atoms with Crippen molar-refractivity contribution in [3.05, 3.63) is 29.8 Å². The predicted octanol–water partition coefficient (Wildman–Crippen LogP) is 1.54. The van der Waals surface area contributed by atoms with Crippen LogP contribution in [0.5, 0.6) is 0 Å². The highest BCUT2D eigenvalue weighted by molar-refractivity contribution is 7.48. The predicted molar refractivity (Wildman–Crippen MR) is 62.4 cm³/mol. The van der Waals surface area contributed by atoms with Crippen LogP contribution in [-0.4, -0.2) is 20.2 Å². The highest BCUT2D eigenvalue weighted by atomic mass is 31.1. The fourth-order valence-electron chi connectivity index (χ4n) is 1.27. The average Bonchev–Trinajstić information content (AvgIpc) is 2.35. The molecule has 1 atom stereocenters. The summed E-state index contributed by atoms with van der Waals surface area (Å²) in [6.45, 7) is 0. The van der Waals surface area contributed by atoms with Gasteiger partial charge in [-0.3, -0.25) is 9.36 Å².